The van der Waals surface area contributed by atoms with E-state index in [1.807, 2.05) is 0 Å². The monoisotopic (exact) mass is 261 g/mol. The molecule has 0 saturated heterocycles. The Hall–Kier alpha value is -2.63. The van der Waals surface area contributed by atoms with Crippen LogP contribution in [0.2, 0.25) is 0 Å². The lowest BCUT2D eigenvalue weighted by Gasteiger charge is -2.08. The van der Waals surface area contributed by atoms with Crippen molar-refractivity contribution < 1.29 is 9.31 Å². The molecule has 0 amide bonds. The highest BCUT2D eigenvalue weighted by molar-refractivity contribution is 5.71. The van der Waals surface area contributed by atoms with Crippen LogP contribution < -0.4 is 11.5 Å². The number of anilines is 2. The first-order valence-corrected chi connectivity index (χ1v) is 5.54. The molecule has 0 unspecified atom stereocenters. The maximum absolute atomic E-state index is 12.8. The fourth-order valence-electron chi connectivity index (χ4n) is 1.88. The summed E-state index contributed by atoms with van der Waals surface area (Å²) in [5.41, 5.74) is 12.6. The summed E-state index contributed by atoms with van der Waals surface area (Å²) in [5.74, 6) is -0.362. The summed E-state index contributed by atoms with van der Waals surface area (Å²) in [6, 6.07) is 8.64. The zero-order chi connectivity index (χ0) is 14.0. The third kappa shape index (κ3) is 2.62. The number of nitrogens with two attached hydrogens (primary N) is 2. The van der Waals surface area contributed by atoms with E-state index in [9.17, 15) is 14.5 Å². The Morgan fingerprint density at radius 1 is 1.05 bits per heavy atom. The second kappa shape index (κ2) is 4.93. The first-order valence-electron chi connectivity index (χ1n) is 5.54. The predicted octanol–water partition coefficient (Wildman–Crippen LogP) is 2.49. The standard InChI is InChI=1S/C13H12FN3O2/c14-9-3-1-8(2-4-9)7-10-11(15)5-6-12(16)13(10)17(18)19/h1-6H,7,15-16H2. The number of halogens is 1. The van der Waals surface area contributed by atoms with Gasteiger partial charge in [0.1, 0.15) is 11.5 Å². The molecular weight excluding hydrogens is 249 g/mol. The topological polar surface area (TPSA) is 95.2 Å². The highest BCUT2D eigenvalue weighted by atomic mass is 19.1. The van der Waals surface area contributed by atoms with E-state index in [1.54, 1.807) is 12.1 Å². The molecule has 0 saturated carbocycles. The molecule has 0 aliphatic heterocycles. The van der Waals surface area contributed by atoms with Crippen molar-refractivity contribution >= 4 is 17.1 Å². The van der Waals surface area contributed by atoms with Gasteiger partial charge in [-0.2, -0.15) is 0 Å². The summed E-state index contributed by atoms with van der Waals surface area (Å²) in [5, 5.41) is 11.0. The van der Waals surface area contributed by atoms with E-state index >= 15 is 0 Å². The molecule has 5 nitrogen and oxygen atoms in total. The Labute approximate surface area is 108 Å². The molecule has 0 aromatic heterocycles. The summed E-state index contributed by atoms with van der Waals surface area (Å²) >= 11 is 0. The quantitative estimate of drug-likeness (QED) is 0.504. The molecule has 2 aromatic carbocycles. The number of benzene rings is 2. The van der Waals surface area contributed by atoms with Gasteiger partial charge in [0.15, 0.2) is 0 Å². The van der Waals surface area contributed by atoms with Crippen LogP contribution in [0.15, 0.2) is 36.4 Å². The summed E-state index contributed by atoms with van der Waals surface area (Å²) < 4.78 is 12.8. The SMILES string of the molecule is Nc1ccc(N)c([N+](=O)[O-])c1Cc1ccc(F)cc1. The minimum atomic E-state index is -0.551. The summed E-state index contributed by atoms with van der Waals surface area (Å²) in [7, 11) is 0. The van der Waals surface area contributed by atoms with Gasteiger partial charge in [-0.25, -0.2) is 4.39 Å². The molecule has 4 N–H and O–H groups in total. The Balaban J connectivity index is 2.47. The van der Waals surface area contributed by atoms with Crippen molar-refractivity contribution in [2.75, 3.05) is 11.5 Å². The molecule has 2 aromatic rings. The van der Waals surface area contributed by atoms with E-state index in [2.05, 4.69) is 0 Å². The van der Waals surface area contributed by atoms with Crippen LogP contribution in [0.1, 0.15) is 11.1 Å². The third-order valence-corrected chi connectivity index (χ3v) is 2.83. The smallest absolute Gasteiger partial charge is 0.297 e. The van der Waals surface area contributed by atoms with E-state index in [0.29, 0.717) is 11.3 Å². The van der Waals surface area contributed by atoms with Crippen LogP contribution in [0.4, 0.5) is 21.5 Å². The molecule has 19 heavy (non-hydrogen) atoms. The van der Waals surface area contributed by atoms with Crippen molar-refractivity contribution in [2.45, 2.75) is 6.42 Å². The second-order valence-corrected chi connectivity index (χ2v) is 4.13. The number of nitrogen functional groups attached to an aromatic ring is 2. The van der Waals surface area contributed by atoms with Crippen molar-refractivity contribution in [1.29, 1.82) is 0 Å². The van der Waals surface area contributed by atoms with Crippen molar-refractivity contribution in [3.8, 4) is 0 Å². The fourth-order valence-corrected chi connectivity index (χ4v) is 1.88. The summed E-state index contributed by atoms with van der Waals surface area (Å²) in [6.07, 6.45) is 0.230. The predicted molar refractivity (Wildman–Crippen MR) is 71.1 cm³/mol. The Kier molecular flexibility index (Phi) is 3.33. The van der Waals surface area contributed by atoms with Crippen LogP contribution >= 0.6 is 0 Å². The zero-order valence-corrected chi connectivity index (χ0v) is 9.97. The van der Waals surface area contributed by atoms with Crippen LogP contribution in [0, 0.1) is 15.9 Å². The van der Waals surface area contributed by atoms with Crippen LogP contribution in [0.5, 0.6) is 0 Å². The summed E-state index contributed by atoms with van der Waals surface area (Å²) in [4.78, 5) is 10.5. The zero-order valence-electron chi connectivity index (χ0n) is 9.97. The van der Waals surface area contributed by atoms with Crippen LogP contribution in [-0.4, -0.2) is 4.92 Å². The van der Waals surface area contributed by atoms with Crippen LogP contribution in [-0.2, 0) is 6.42 Å². The molecule has 0 aliphatic carbocycles. The van der Waals surface area contributed by atoms with Crippen LogP contribution in [0.3, 0.4) is 0 Å². The lowest BCUT2D eigenvalue weighted by Crippen LogP contribution is -2.05. The van der Waals surface area contributed by atoms with E-state index in [1.165, 1.54) is 24.3 Å². The molecule has 0 radical (unpaired) electrons. The summed E-state index contributed by atoms with van der Waals surface area (Å²) in [6.45, 7) is 0. The number of nitro groups is 1. The molecule has 0 fully saturated rings. The molecule has 0 heterocycles. The molecule has 0 spiro atoms. The normalized spacial score (nSPS) is 10.4. The van der Waals surface area contributed by atoms with Gasteiger partial charge in [0.2, 0.25) is 0 Å². The van der Waals surface area contributed by atoms with Crippen LogP contribution in [0.25, 0.3) is 0 Å². The number of hydrogen-bond donors (Lipinski definition) is 2. The lowest BCUT2D eigenvalue weighted by atomic mass is 10.0. The van der Waals surface area contributed by atoms with Gasteiger partial charge < -0.3 is 11.5 Å². The van der Waals surface area contributed by atoms with Gasteiger partial charge in [-0.3, -0.25) is 10.1 Å². The highest BCUT2D eigenvalue weighted by Crippen LogP contribution is 2.32. The average Bonchev–Trinajstić information content (AvgIpc) is 2.36. The number of hydrogen-bond acceptors (Lipinski definition) is 4. The number of nitrogens with zero attached hydrogens (tertiary/aromatic N) is 1. The molecule has 6 heteroatoms. The number of nitro benzene ring substituents is 1. The number of rotatable bonds is 3. The van der Waals surface area contributed by atoms with Crippen molar-refractivity contribution in [2.24, 2.45) is 0 Å². The first-order chi connectivity index (χ1) is 8.99. The van der Waals surface area contributed by atoms with Gasteiger partial charge in [0.25, 0.3) is 5.69 Å². The molecule has 0 bridgehead atoms. The van der Waals surface area contributed by atoms with Gasteiger partial charge in [-0.05, 0) is 29.8 Å². The largest absolute Gasteiger partial charge is 0.398 e. The Bertz CT molecular complexity index is 627. The second-order valence-electron chi connectivity index (χ2n) is 4.13. The van der Waals surface area contributed by atoms with E-state index in [-0.39, 0.29) is 23.6 Å². The van der Waals surface area contributed by atoms with E-state index < -0.39 is 4.92 Å². The molecule has 2 rings (SSSR count). The maximum atomic E-state index is 12.8. The fraction of sp³-hybridized carbons (Fsp3) is 0.0769. The third-order valence-electron chi connectivity index (χ3n) is 2.83. The maximum Gasteiger partial charge on any atom is 0.297 e. The van der Waals surface area contributed by atoms with E-state index in [4.69, 9.17) is 11.5 Å². The molecule has 0 atom stereocenters. The van der Waals surface area contributed by atoms with Gasteiger partial charge in [-0.1, -0.05) is 12.1 Å². The Morgan fingerprint density at radius 2 is 1.63 bits per heavy atom. The minimum Gasteiger partial charge on any atom is -0.398 e. The highest BCUT2D eigenvalue weighted by Gasteiger charge is 2.20. The Morgan fingerprint density at radius 3 is 2.21 bits per heavy atom. The van der Waals surface area contributed by atoms with Gasteiger partial charge in [-0.15, -0.1) is 0 Å². The average molecular weight is 261 g/mol. The van der Waals surface area contributed by atoms with Crippen molar-refractivity contribution in [1.82, 2.24) is 0 Å². The van der Waals surface area contributed by atoms with Gasteiger partial charge in [0.05, 0.1) is 10.5 Å². The van der Waals surface area contributed by atoms with Gasteiger partial charge in [0, 0.05) is 12.1 Å². The van der Waals surface area contributed by atoms with E-state index in [0.717, 1.165) is 5.56 Å². The van der Waals surface area contributed by atoms with Gasteiger partial charge >= 0.3 is 0 Å². The first kappa shape index (κ1) is 12.8. The molecular formula is C13H12FN3O2. The van der Waals surface area contributed by atoms with Crippen molar-refractivity contribution in [3.05, 3.63) is 63.5 Å². The molecule has 0 aliphatic rings. The van der Waals surface area contributed by atoms with Crippen molar-refractivity contribution in [3.63, 3.8) is 0 Å². The molecule has 98 valence electrons. The minimum absolute atomic E-state index is 0.0660. The lowest BCUT2D eigenvalue weighted by molar-refractivity contribution is -0.384.